The molecule has 2 N–H and O–H groups in total. The van der Waals surface area contributed by atoms with Gasteiger partial charge in [-0.15, -0.1) is 0 Å². The van der Waals surface area contributed by atoms with Crippen LogP contribution in [0.25, 0.3) is 22.2 Å². The Hall–Kier alpha value is -3.14. The van der Waals surface area contributed by atoms with Crippen LogP contribution in [-0.2, 0) is 15.1 Å². The molecule has 34 heavy (non-hydrogen) atoms. The number of rotatable bonds is 8. The molecule has 2 aromatic heterocycles. The third-order valence-electron chi connectivity index (χ3n) is 6.51. The van der Waals surface area contributed by atoms with E-state index in [2.05, 4.69) is 33.1 Å². The van der Waals surface area contributed by atoms with Crippen LogP contribution in [0.1, 0.15) is 48.0 Å². The molecular weight excluding hydrogens is 434 g/mol. The molecule has 2 atom stereocenters. The number of nitrogens with zero attached hydrogens (tertiary/aromatic N) is 4. The van der Waals surface area contributed by atoms with Gasteiger partial charge >= 0.3 is 0 Å². The van der Waals surface area contributed by atoms with Crippen LogP contribution < -0.4 is 0 Å². The van der Waals surface area contributed by atoms with E-state index in [1.54, 1.807) is 6.08 Å². The number of hydrogen-bond acceptors (Lipinski definition) is 8. The van der Waals surface area contributed by atoms with Crippen LogP contribution in [0, 0.1) is 13.8 Å². The smallest absolute Gasteiger partial charge is 0.141 e. The van der Waals surface area contributed by atoms with Crippen LogP contribution in [0.3, 0.4) is 0 Å². The summed E-state index contributed by atoms with van der Waals surface area (Å²) < 4.78 is 17.2. The van der Waals surface area contributed by atoms with E-state index in [1.165, 1.54) is 6.21 Å². The largest absolute Gasteiger partial charge is 0.382 e. The van der Waals surface area contributed by atoms with E-state index in [0.717, 1.165) is 52.3 Å². The van der Waals surface area contributed by atoms with Gasteiger partial charge < -0.3 is 24.1 Å². The van der Waals surface area contributed by atoms with Crippen molar-refractivity contribution in [1.82, 2.24) is 15.1 Å². The minimum absolute atomic E-state index is 0.274. The van der Waals surface area contributed by atoms with E-state index in [1.807, 2.05) is 26.0 Å². The zero-order valence-corrected chi connectivity index (χ0v) is 19.5. The van der Waals surface area contributed by atoms with Gasteiger partial charge in [-0.1, -0.05) is 11.2 Å². The van der Waals surface area contributed by atoms with Gasteiger partial charge in [-0.2, -0.15) is 10.2 Å². The molecule has 1 aliphatic heterocycles. The molecule has 9 heteroatoms. The Bertz CT molecular complexity index is 1230. The Morgan fingerprint density at radius 3 is 2.82 bits per heavy atom. The topological polar surface area (TPSA) is 118 Å². The van der Waals surface area contributed by atoms with Crippen LogP contribution in [0.5, 0.6) is 0 Å². The number of benzene rings is 1. The maximum absolute atomic E-state index is 12.3. The molecule has 1 saturated heterocycles. The molecule has 0 bridgehead atoms. The molecule has 0 spiro atoms. The van der Waals surface area contributed by atoms with Gasteiger partial charge in [-0.05, 0) is 50.5 Å². The number of allylic oxidation sites excluding steroid dienone is 1. The van der Waals surface area contributed by atoms with Crippen molar-refractivity contribution in [3.63, 3.8) is 0 Å². The van der Waals surface area contributed by atoms with Crippen molar-refractivity contribution in [3.05, 3.63) is 47.1 Å². The lowest BCUT2D eigenvalue weighted by Crippen LogP contribution is -2.47. The average Bonchev–Trinajstić information content (AvgIpc) is 3.52. The highest BCUT2D eigenvalue weighted by Gasteiger charge is 2.42. The lowest BCUT2D eigenvalue weighted by Gasteiger charge is -2.38. The minimum Gasteiger partial charge on any atom is -0.382 e. The van der Waals surface area contributed by atoms with Gasteiger partial charge in [0.05, 0.1) is 36.5 Å². The van der Waals surface area contributed by atoms with Gasteiger partial charge in [0.1, 0.15) is 23.3 Å². The molecule has 2 aliphatic rings. The van der Waals surface area contributed by atoms with Crippen LogP contribution in [0.2, 0.25) is 0 Å². The van der Waals surface area contributed by atoms with Gasteiger partial charge in [0.2, 0.25) is 0 Å². The molecule has 3 heterocycles. The summed E-state index contributed by atoms with van der Waals surface area (Å²) in [7, 11) is 0. The van der Waals surface area contributed by atoms with Crippen molar-refractivity contribution in [2.24, 2.45) is 10.2 Å². The Balaban J connectivity index is 1.68. The summed E-state index contributed by atoms with van der Waals surface area (Å²) in [6.45, 7) is 8.35. The van der Waals surface area contributed by atoms with E-state index in [0.29, 0.717) is 24.7 Å². The molecule has 0 amide bonds. The number of aromatic nitrogens is 3. The Morgan fingerprint density at radius 1 is 1.29 bits per heavy atom. The van der Waals surface area contributed by atoms with Gasteiger partial charge in [-0.25, -0.2) is 4.98 Å². The first kappa shape index (κ1) is 22.6. The average molecular weight is 464 g/mol. The van der Waals surface area contributed by atoms with Crippen molar-refractivity contribution in [2.45, 2.75) is 50.7 Å². The summed E-state index contributed by atoms with van der Waals surface area (Å²) in [5.41, 5.74) is 3.50. The third kappa shape index (κ3) is 4.22. The van der Waals surface area contributed by atoms with Crippen LogP contribution in [0.4, 0.5) is 0 Å². The highest BCUT2D eigenvalue weighted by atomic mass is 16.6. The number of fused-ring (bicyclic) bond motifs is 1. The minimum atomic E-state index is -1.39. The van der Waals surface area contributed by atoms with E-state index in [9.17, 15) is 5.11 Å². The molecule has 0 radical (unpaired) electrons. The predicted molar refractivity (Wildman–Crippen MR) is 129 cm³/mol. The standard InChI is InChI=1S/C25H29N5O4/c1-15-22(16(2)34-30-15)18-12-19(23-20(13-18)28-24(29-23)17-6-7-17)25(31,8-4-5-9-27-26-3)21-14-32-10-11-33-21/h4-5,9,12-13,17,21,31H,3,6-8,10-11,14H2,1-2H3,(H,28,29)/b5-4-,27-9-. The molecular formula is C25H29N5O4. The fraction of sp³-hybridized carbons (Fsp3) is 0.440. The number of aromatic amines is 1. The number of ether oxygens (including phenoxy) is 2. The van der Waals surface area contributed by atoms with E-state index in [-0.39, 0.29) is 13.0 Å². The number of nitrogens with one attached hydrogen (secondary N) is 1. The normalized spacial score (nSPS) is 21.0. The summed E-state index contributed by atoms with van der Waals surface area (Å²) in [5.74, 6) is 2.11. The number of H-pyrrole nitrogens is 1. The molecule has 178 valence electrons. The van der Waals surface area contributed by atoms with Crippen molar-refractivity contribution >= 4 is 24.0 Å². The van der Waals surface area contributed by atoms with E-state index >= 15 is 0 Å². The first-order valence-electron chi connectivity index (χ1n) is 11.5. The van der Waals surface area contributed by atoms with Crippen LogP contribution in [-0.4, -0.2) is 59.1 Å². The van der Waals surface area contributed by atoms with Gasteiger partial charge in [-0.3, -0.25) is 0 Å². The van der Waals surface area contributed by atoms with Gasteiger partial charge in [0.25, 0.3) is 0 Å². The highest BCUT2D eigenvalue weighted by Crippen LogP contribution is 2.43. The van der Waals surface area contributed by atoms with Crippen molar-refractivity contribution in [1.29, 1.82) is 0 Å². The second-order valence-corrected chi connectivity index (χ2v) is 8.91. The summed E-state index contributed by atoms with van der Waals surface area (Å²) in [6.07, 6.45) is 7.06. The lowest BCUT2D eigenvalue weighted by molar-refractivity contribution is -0.178. The monoisotopic (exact) mass is 463 g/mol. The maximum atomic E-state index is 12.3. The molecule has 3 aromatic rings. The number of aryl methyl sites for hydroxylation is 2. The second-order valence-electron chi connectivity index (χ2n) is 8.91. The van der Waals surface area contributed by atoms with Crippen molar-refractivity contribution in [2.75, 3.05) is 19.8 Å². The number of hydrogen-bond donors (Lipinski definition) is 2. The lowest BCUT2D eigenvalue weighted by atomic mass is 9.82. The molecule has 1 saturated carbocycles. The van der Waals surface area contributed by atoms with Crippen molar-refractivity contribution < 1.29 is 19.1 Å². The Morgan fingerprint density at radius 2 is 2.15 bits per heavy atom. The summed E-state index contributed by atoms with van der Waals surface area (Å²) in [4.78, 5) is 8.43. The quantitative estimate of drug-likeness (QED) is 0.386. The molecule has 5 rings (SSSR count). The predicted octanol–water partition coefficient (Wildman–Crippen LogP) is 3.95. The molecule has 2 fully saturated rings. The van der Waals surface area contributed by atoms with Crippen molar-refractivity contribution in [3.8, 4) is 11.1 Å². The fourth-order valence-electron chi connectivity index (χ4n) is 4.63. The summed E-state index contributed by atoms with van der Waals surface area (Å²) >= 11 is 0. The zero-order chi connectivity index (χ0) is 23.7. The zero-order valence-electron chi connectivity index (χ0n) is 19.5. The third-order valence-corrected chi connectivity index (χ3v) is 6.51. The fourth-order valence-corrected chi connectivity index (χ4v) is 4.63. The molecule has 9 nitrogen and oxygen atoms in total. The molecule has 2 unspecified atom stereocenters. The second kappa shape index (κ2) is 9.25. The Kier molecular flexibility index (Phi) is 6.16. The summed E-state index contributed by atoms with van der Waals surface area (Å²) in [6, 6.07) is 4.04. The van der Waals surface area contributed by atoms with Crippen LogP contribution in [0.15, 0.2) is 39.0 Å². The number of imidazole rings is 1. The first-order valence-corrected chi connectivity index (χ1v) is 11.5. The number of aliphatic hydroxyl groups is 1. The SMILES string of the molecule is C=N/N=C\C=C/CC(O)(c1cc(-c2c(C)noc2C)cc2[nH]c(C3CC3)nc12)C1COCCO1. The van der Waals surface area contributed by atoms with E-state index in [4.69, 9.17) is 19.0 Å². The maximum Gasteiger partial charge on any atom is 0.141 e. The first-order chi connectivity index (χ1) is 16.5. The van der Waals surface area contributed by atoms with Gasteiger partial charge in [0, 0.05) is 36.4 Å². The Labute approximate surface area is 197 Å². The van der Waals surface area contributed by atoms with Crippen LogP contribution >= 0.6 is 0 Å². The highest BCUT2D eigenvalue weighted by molar-refractivity contribution is 5.87. The van der Waals surface area contributed by atoms with Gasteiger partial charge in [0.15, 0.2) is 0 Å². The summed E-state index contributed by atoms with van der Waals surface area (Å²) in [5, 5.41) is 23.6. The molecule has 1 aromatic carbocycles. The van der Waals surface area contributed by atoms with E-state index < -0.39 is 11.7 Å². The molecule has 1 aliphatic carbocycles.